The van der Waals surface area contributed by atoms with Crippen LogP contribution in [0.4, 0.5) is 0 Å². The fourth-order valence-electron chi connectivity index (χ4n) is 8.54. The molecule has 0 saturated heterocycles. The van der Waals surface area contributed by atoms with Crippen LogP contribution >= 0.6 is 0 Å². The molecular weight excluding hydrogens is 725 g/mol. The monoisotopic (exact) mass is 756 g/mol. The number of rotatable bonds is 6. The van der Waals surface area contributed by atoms with E-state index in [4.69, 9.17) is 24.4 Å². The van der Waals surface area contributed by atoms with Gasteiger partial charge in [0.15, 0.2) is 17.2 Å². The van der Waals surface area contributed by atoms with Crippen LogP contribution in [0.15, 0.2) is 199 Å². The van der Waals surface area contributed by atoms with Crippen molar-refractivity contribution in [3.8, 4) is 57.0 Å². The first-order chi connectivity index (χ1) is 29.3. The van der Waals surface area contributed by atoms with Crippen LogP contribution in [0, 0.1) is 0 Å². The molecule has 0 amide bonds. The van der Waals surface area contributed by atoms with E-state index in [-0.39, 0.29) is 0 Å². The van der Waals surface area contributed by atoms with Gasteiger partial charge in [-0.3, -0.25) is 4.57 Å². The Morgan fingerprint density at radius 1 is 0.356 bits per heavy atom. The van der Waals surface area contributed by atoms with Crippen LogP contribution in [0.3, 0.4) is 0 Å². The molecule has 0 saturated carbocycles. The fraction of sp³-hybridized carbons (Fsp3) is 0. The molecule has 8 aromatic carbocycles. The van der Waals surface area contributed by atoms with Crippen molar-refractivity contribution < 1.29 is 4.42 Å². The van der Waals surface area contributed by atoms with Gasteiger partial charge >= 0.3 is 0 Å². The molecule has 0 aliphatic carbocycles. The summed E-state index contributed by atoms with van der Waals surface area (Å²) >= 11 is 0. The summed E-state index contributed by atoms with van der Waals surface area (Å²) in [7, 11) is 0. The fourth-order valence-corrected chi connectivity index (χ4v) is 8.54. The molecule has 7 nitrogen and oxygen atoms in total. The van der Waals surface area contributed by atoms with Gasteiger partial charge in [-0.1, -0.05) is 146 Å². The summed E-state index contributed by atoms with van der Waals surface area (Å²) in [4.78, 5) is 20.8. The summed E-state index contributed by atoms with van der Waals surface area (Å²) < 4.78 is 11.2. The van der Waals surface area contributed by atoms with Crippen LogP contribution in [0.1, 0.15) is 0 Å². The van der Waals surface area contributed by atoms with Crippen LogP contribution in [0.2, 0.25) is 0 Å². The Morgan fingerprint density at radius 3 is 1.59 bits per heavy atom. The van der Waals surface area contributed by atoms with Crippen LogP contribution < -0.4 is 0 Å². The van der Waals surface area contributed by atoms with Crippen molar-refractivity contribution in [2.45, 2.75) is 0 Å². The number of hydrogen-bond donors (Lipinski definition) is 0. The first-order valence-electron chi connectivity index (χ1n) is 19.7. The molecule has 0 fully saturated rings. The molecule has 0 spiro atoms. The van der Waals surface area contributed by atoms with E-state index in [1.807, 2.05) is 66.7 Å². The summed E-state index contributed by atoms with van der Waals surface area (Å²) in [6, 6.07) is 66.8. The van der Waals surface area contributed by atoms with Gasteiger partial charge in [0.1, 0.15) is 5.52 Å². The summed E-state index contributed by atoms with van der Waals surface area (Å²) in [5.41, 5.74) is 11.4. The lowest BCUT2D eigenvalue weighted by Crippen LogP contribution is -2.07. The van der Waals surface area contributed by atoms with E-state index in [0.29, 0.717) is 29.1 Å². The lowest BCUT2D eigenvalue weighted by Gasteiger charge is -2.13. The van der Waals surface area contributed by atoms with E-state index in [1.165, 1.54) is 5.39 Å². The Bertz CT molecular complexity index is 3530. The van der Waals surface area contributed by atoms with Gasteiger partial charge in [-0.2, -0.15) is 9.97 Å². The molecule has 7 heteroatoms. The van der Waals surface area contributed by atoms with Crippen molar-refractivity contribution in [2.75, 3.05) is 0 Å². The third-order valence-corrected chi connectivity index (χ3v) is 11.2. The molecule has 0 unspecified atom stereocenters. The number of hydrogen-bond acceptors (Lipinski definition) is 5. The summed E-state index contributed by atoms with van der Waals surface area (Å²) in [5.74, 6) is 2.08. The highest BCUT2D eigenvalue weighted by Gasteiger charge is 2.24. The molecule has 0 aliphatic rings. The van der Waals surface area contributed by atoms with E-state index in [0.717, 1.165) is 77.2 Å². The Hall–Kier alpha value is -8.16. The minimum Gasteiger partial charge on any atom is -0.435 e. The van der Waals surface area contributed by atoms with Gasteiger partial charge in [0.25, 0.3) is 0 Å². The molecule has 276 valence electrons. The lowest BCUT2D eigenvalue weighted by molar-refractivity contribution is 0.620. The van der Waals surface area contributed by atoms with Gasteiger partial charge in [-0.25, -0.2) is 9.97 Å². The largest absolute Gasteiger partial charge is 0.435 e. The highest BCUT2D eigenvalue weighted by Crippen LogP contribution is 2.42. The number of benzene rings is 8. The average Bonchev–Trinajstić information content (AvgIpc) is 4.00. The zero-order valence-corrected chi connectivity index (χ0v) is 31.6. The van der Waals surface area contributed by atoms with Crippen molar-refractivity contribution in [3.63, 3.8) is 0 Å². The van der Waals surface area contributed by atoms with Crippen molar-refractivity contribution in [1.29, 1.82) is 0 Å². The highest BCUT2D eigenvalue weighted by molar-refractivity contribution is 6.23. The normalized spacial score (nSPS) is 11.7. The summed E-state index contributed by atoms with van der Waals surface area (Å²) in [5, 5.41) is 4.54. The minimum absolute atomic E-state index is 0.489. The highest BCUT2D eigenvalue weighted by atomic mass is 16.3. The average molecular weight is 757 g/mol. The molecule has 0 radical (unpaired) electrons. The summed E-state index contributed by atoms with van der Waals surface area (Å²) in [6.45, 7) is 0. The number of fused-ring (bicyclic) bond motifs is 8. The zero-order valence-electron chi connectivity index (χ0n) is 31.6. The standard InChI is InChI=1S/C52H32N6O/c1-4-15-33(16-5-1)34-27-29-36(30-28-34)51-53-43-24-14-23-42(48(43)59-51)50-54-49(35-17-6-2-7-18-35)55-52(56-50)58-45-26-13-11-22-39(45)41-32-31-40-38-21-10-12-25-44(38)57(46(40)47(41)58)37-19-8-3-9-20-37/h1-32H. The van der Waals surface area contributed by atoms with Crippen LogP contribution in [-0.2, 0) is 0 Å². The number of oxazole rings is 1. The second-order valence-corrected chi connectivity index (χ2v) is 14.7. The van der Waals surface area contributed by atoms with Gasteiger partial charge in [0.2, 0.25) is 11.8 Å². The Kier molecular flexibility index (Phi) is 7.40. The van der Waals surface area contributed by atoms with Crippen LogP contribution in [0.5, 0.6) is 0 Å². The molecule has 0 N–H and O–H groups in total. The minimum atomic E-state index is 0.489. The number of aromatic nitrogens is 6. The maximum atomic E-state index is 6.64. The predicted octanol–water partition coefficient (Wildman–Crippen LogP) is 12.9. The molecule has 12 aromatic rings. The van der Waals surface area contributed by atoms with E-state index < -0.39 is 0 Å². The second-order valence-electron chi connectivity index (χ2n) is 14.7. The van der Waals surface area contributed by atoms with Crippen LogP contribution in [-0.4, -0.2) is 29.1 Å². The smallest absolute Gasteiger partial charge is 0.238 e. The zero-order chi connectivity index (χ0) is 38.9. The molecule has 0 atom stereocenters. The van der Waals surface area contributed by atoms with Crippen LogP contribution in [0.25, 0.3) is 112 Å². The first-order valence-corrected chi connectivity index (χ1v) is 19.7. The predicted molar refractivity (Wildman–Crippen MR) is 238 cm³/mol. The lowest BCUT2D eigenvalue weighted by atomic mass is 10.0. The SMILES string of the molecule is c1ccc(-c2ccc(-c3nc4cccc(-c5nc(-c6ccccc6)nc(-n6c7ccccc7c7ccc8c9ccccc9n(-c9ccccc9)c8c76)n5)c4o3)cc2)cc1. The molecule has 4 heterocycles. The Balaban J connectivity index is 1.12. The third-order valence-electron chi connectivity index (χ3n) is 11.2. The van der Waals surface area contributed by atoms with Crippen molar-refractivity contribution >= 4 is 54.7 Å². The van der Waals surface area contributed by atoms with Gasteiger partial charge in [0.05, 0.1) is 27.6 Å². The van der Waals surface area contributed by atoms with E-state index in [2.05, 4.69) is 137 Å². The quantitative estimate of drug-likeness (QED) is 0.169. The molecule has 12 rings (SSSR count). The molecular formula is C52H32N6O. The van der Waals surface area contributed by atoms with Gasteiger partial charge in [-0.05, 0) is 59.7 Å². The molecule has 59 heavy (non-hydrogen) atoms. The number of para-hydroxylation sites is 4. The van der Waals surface area contributed by atoms with Crippen molar-refractivity contribution in [1.82, 2.24) is 29.1 Å². The maximum Gasteiger partial charge on any atom is 0.238 e. The maximum absolute atomic E-state index is 6.64. The topological polar surface area (TPSA) is 74.6 Å². The molecule has 0 bridgehead atoms. The Morgan fingerprint density at radius 2 is 0.898 bits per heavy atom. The molecule has 0 aliphatic heterocycles. The molecule has 4 aromatic heterocycles. The van der Waals surface area contributed by atoms with E-state index in [9.17, 15) is 0 Å². The van der Waals surface area contributed by atoms with E-state index >= 15 is 0 Å². The Labute approximate surface area is 338 Å². The second kappa shape index (κ2) is 13.2. The van der Waals surface area contributed by atoms with Gasteiger partial charge in [-0.15, -0.1) is 0 Å². The van der Waals surface area contributed by atoms with Crippen molar-refractivity contribution in [2.24, 2.45) is 0 Å². The summed E-state index contributed by atoms with van der Waals surface area (Å²) in [6.07, 6.45) is 0. The van der Waals surface area contributed by atoms with Crippen molar-refractivity contribution in [3.05, 3.63) is 194 Å². The van der Waals surface area contributed by atoms with Gasteiger partial charge in [0, 0.05) is 38.4 Å². The third kappa shape index (κ3) is 5.29. The van der Waals surface area contributed by atoms with Gasteiger partial charge < -0.3 is 8.98 Å². The van der Waals surface area contributed by atoms with E-state index in [1.54, 1.807) is 0 Å². The number of nitrogens with zero attached hydrogens (tertiary/aromatic N) is 6. The first kappa shape index (κ1) is 33.0.